The fourth-order valence-corrected chi connectivity index (χ4v) is 2.11. The Morgan fingerprint density at radius 2 is 1.81 bits per heavy atom. The third-order valence-corrected chi connectivity index (χ3v) is 2.90. The molecule has 0 amide bonds. The second kappa shape index (κ2) is 6.80. The number of hydrogen-bond donors (Lipinski definition) is 0. The molecule has 1 aromatic heterocycles. The molecule has 0 atom stereocenters. The average molecular weight is 313 g/mol. The highest BCUT2D eigenvalue weighted by molar-refractivity contribution is 6.29. The van der Waals surface area contributed by atoms with Crippen LogP contribution in [0.25, 0.3) is 11.4 Å². The summed E-state index contributed by atoms with van der Waals surface area (Å²) in [4.78, 5) is 8.62. The lowest BCUT2D eigenvalue weighted by molar-refractivity contribution is -0.0498. The van der Waals surface area contributed by atoms with Crippen molar-refractivity contribution in [1.82, 2.24) is 9.97 Å². The summed E-state index contributed by atoms with van der Waals surface area (Å²) in [6.45, 7) is 1.34. The zero-order chi connectivity index (χ0) is 15.4. The van der Waals surface area contributed by atoms with E-state index < -0.39 is 6.61 Å². The summed E-state index contributed by atoms with van der Waals surface area (Å²) in [6.07, 6.45) is 0.793. The number of hydrogen-bond acceptors (Lipinski definition) is 3. The lowest BCUT2D eigenvalue weighted by Gasteiger charge is -2.08. The zero-order valence-electron chi connectivity index (χ0n) is 11.7. The predicted octanol–water partition coefficient (Wildman–Crippen LogP) is 4.60. The highest BCUT2D eigenvalue weighted by Crippen LogP contribution is 2.23. The van der Waals surface area contributed by atoms with Gasteiger partial charge in [0.2, 0.25) is 0 Å². The van der Waals surface area contributed by atoms with Crippen LogP contribution in [0.1, 0.15) is 19.5 Å². The van der Waals surface area contributed by atoms with E-state index in [0.29, 0.717) is 22.5 Å². The van der Waals surface area contributed by atoms with Crippen LogP contribution in [0.5, 0.6) is 5.75 Å². The first-order valence-electron chi connectivity index (χ1n) is 6.52. The van der Waals surface area contributed by atoms with Gasteiger partial charge in [0, 0.05) is 11.3 Å². The van der Waals surface area contributed by atoms with E-state index in [1.54, 1.807) is 18.2 Å². The van der Waals surface area contributed by atoms with Crippen LogP contribution in [0.3, 0.4) is 0 Å². The minimum Gasteiger partial charge on any atom is -0.435 e. The Morgan fingerprint density at radius 3 is 2.38 bits per heavy atom. The monoisotopic (exact) mass is 312 g/mol. The number of ether oxygens (including phenoxy) is 1. The van der Waals surface area contributed by atoms with Crippen molar-refractivity contribution < 1.29 is 13.5 Å². The molecule has 0 radical (unpaired) electrons. The molecule has 2 aromatic rings. The number of alkyl halides is 2. The van der Waals surface area contributed by atoms with Crippen molar-refractivity contribution in [2.24, 2.45) is 5.92 Å². The number of halogens is 3. The van der Waals surface area contributed by atoms with E-state index >= 15 is 0 Å². The first kappa shape index (κ1) is 15.6. The van der Waals surface area contributed by atoms with Gasteiger partial charge in [-0.2, -0.15) is 8.78 Å². The summed E-state index contributed by atoms with van der Waals surface area (Å²) in [6, 6.07) is 7.89. The fourth-order valence-electron chi connectivity index (χ4n) is 1.90. The van der Waals surface area contributed by atoms with Crippen molar-refractivity contribution in [3.63, 3.8) is 0 Å². The van der Waals surface area contributed by atoms with Crippen molar-refractivity contribution in [3.05, 3.63) is 41.2 Å². The molecule has 6 heteroatoms. The Labute approximate surface area is 127 Å². The standard InChI is InChI=1S/C15H15ClF2N2O/c1-9(2)7-11-8-13(16)20-14(19-11)10-3-5-12(6-4-10)21-15(17)18/h3-6,8-9,15H,7H2,1-2H3. The normalized spacial score (nSPS) is 11.2. The summed E-state index contributed by atoms with van der Waals surface area (Å²) in [5.41, 5.74) is 1.55. The van der Waals surface area contributed by atoms with Crippen LogP contribution in [0.15, 0.2) is 30.3 Å². The Bertz CT molecular complexity index is 603. The molecule has 0 spiro atoms. The topological polar surface area (TPSA) is 35.0 Å². The molecule has 0 aliphatic heterocycles. The average Bonchev–Trinajstić information content (AvgIpc) is 2.37. The molecule has 0 N–H and O–H groups in total. The van der Waals surface area contributed by atoms with E-state index in [-0.39, 0.29) is 5.75 Å². The lowest BCUT2D eigenvalue weighted by Crippen LogP contribution is -2.02. The van der Waals surface area contributed by atoms with Crippen LogP contribution in [0.2, 0.25) is 5.15 Å². The van der Waals surface area contributed by atoms with Crippen molar-refractivity contribution in [3.8, 4) is 17.1 Å². The van der Waals surface area contributed by atoms with Crippen molar-refractivity contribution in [2.75, 3.05) is 0 Å². The molecule has 112 valence electrons. The third kappa shape index (κ3) is 4.63. The number of rotatable bonds is 5. The maximum atomic E-state index is 12.1. The lowest BCUT2D eigenvalue weighted by atomic mass is 10.1. The van der Waals surface area contributed by atoms with Crippen LogP contribution in [-0.4, -0.2) is 16.6 Å². The van der Waals surface area contributed by atoms with Crippen LogP contribution in [0, 0.1) is 5.92 Å². The van der Waals surface area contributed by atoms with Gasteiger partial charge in [-0.15, -0.1) is 0 Å². The van der Waals surface area contributed by atoms with Gasteiger partial charge in [0.1, 0.15) is 10.9 Å². The van der Waals surface area contributed by atoms with E-state index in [0.717, 1.165) is 12.1 Å². The maximum absolute atomic E-state index is 12.1. The molecule has 21 heavy (non-hydrogen) atoms. The Morgan fingerprint density at radius 1 is 1.14 bits per heavy atom. The highest BCUT2D eigenvalue weighted by Gasteiger charge is 2.09. The second-order valence-electron chi connectivity index (χ2n) is 5.01. The molecule has 0 saturated heterocycles. The smallest absolute Gasteiger partial charge is 0.387 e. The van der Waals surface area contributed by atoms with Crippen molar-refractivity contribution in [1.29, 1.82) is 0 Å². The molecule has 0 bridgehead atoms. The molecule has 0 fully saturated rings. The number of nitrogens with zero attached hydrogens (tertiary/aromatic N) is 2. The molecule has 1 aromatic carbocycles. The van der Waals surface area contributed by atoms with Crippen LogP contribution >= 0.6 is 11.6 Å². The summed E-state index contributed by atoms with van der Waals surface area (Å²) in [7, 11) is 0. The van der Waals surface area contributed by atoms with Gasteiger partial charge in [-0.05, 0) is 42.7 Å². The molecule has 0 unspecified atom stereocenters. The summed E-state index contributed by atoms with van der Waals surface area (Å²) in [5, 5.41) is 0.364. The Hall–Kier alpha value is -1.75. The van der Waals surface area contributed by atoms with E-state index in [9.17, 15) is 8.78 Å². The minimum atomic E-state index is -2.84. The highest BCUT2D eigenvalue weighted by atomic mass is 35.5. The predicted molar refractivity (Wildman–Crippen MR) is 77.7 cm³/mol. The number of aromatic nitrogens is 2. The Kier molecular flexibility index (Phi) is 5.07. The van der Waals surface area contributed by atoms with Crippen LogP contribution in [-0.2, 0) is 6.42 Å². The Balaban J connectivity index is 2.26. The molecule has 0 aliphatic carbocycles. The molecular weight excluding hydrogens is 298 g/mol. The SMILES string of the molecule is CC(C)Cc1cc(Cl)nc(-c2ccc(OC(F)F)cc2)n1. The first-order chi connectivity index (χ1) is 9.94. The first-order valence-corrected chi connectivity index (χ1v) is 6.90. The van der Waals surface area contributed by atoms with Gasteiger partial charge in [-0.3, -0.25) is 0 Å². The van der Waals surface area contributed by atoms with Gasteiger partial charge < -0.3 is 4.74 Å². The number of benzene rings is 1. The largest absolute Gasteiger partial charge is 0.435 e. The zero-order valence-corrected chi connectivity index (χ0v) is 12.4. The minimum absolute atomic E-state index is 0.0955. The second-order valence-corrected chi connectivity index (χ2v) is 5.39. The van der Waals surface area contributed by atoms with E-state index in [2.05, 4.69) is 28.6 Å². The van der Waals surface area contributed by atoms with Gasteiger partial charge in [-0.1, -0.05) is 25.4 Å². The van der Waals surface area contributed by atoms with Crippen molar-refractivity contribution in [2.45, 2.75) is 26.9 Å². The maximum Gasteiger partial charge on any atom is 0.387 e. The van der Waals surface area contributed by atoms with E-state index in [1.165, 1.54) is 12.1 Å². The van der Waals surface area contributed by atoms with Crippen molar-refractivity contribution >= 4 is 11.6 Å². The fraction of sp³-hybridized carbons (Fsp3) is 0.333. The molecule has 3 nitrogen and oxygen atoms in total. The van der Waals surface area contributed by atoms with Crippen LogP contribution < -0.4 is 4.74 Å². The molecule has 2 rings (SSSR count). The summed E-state index contributed by atoms with van der Waals surface area (Å²) >= 11 is 6.01. The molecule has 0 aliphatic rings. The quantitative estimate of drug-likeness (QED) is 0.757. The summed E-state index contributed by atoms with van der Waals surface area (Å²) < 4.78 is 28.5. The third-order valence-electron chi connectivity index (χ3n) is 2.70. The van der Waals surface area contributed by atoms with Gasteiger partial charge in [-0.25, -0.2) is 9.97 Å². The molecule has 0 saturated carbocycles. The summed E-state index contributed by atoms with van der Waals surface area (Å²) in [5.74, 6) is 1.02. The van der Waals surface area contributed by atoms with Gasteiger partial charge in [0.15, 0.2) is 5.82 Å². The molecule has 1 heterocycles. The van der Waals surface area contributed by atoms with Gasteiger partial charge in [0.05, 0.1) is 0 Å². The van der Waals surface area contributed by atoms with E-state index in [4.69, 9.17) is 11.6 Å². The molecular formula is C15H15ClF2N2O. The van der Waals surface area contributed by atoms with E-state index in [1.807, 2.05) is 0 Å². The van der Waals surface area contributed by atoms with Crippen LogP contribution in [0.4, 0.5) is 8.78 Å². The van der Waals surface area contributed by atoms with Gasteiger partial charge in [0.25, 0.3) is 0 Å². The van der Waals surface area contributed by atoms with Gasteiger partial charge >= 0.3 is 6.61 Å².